The van der Waals surface area contributed by atoms with Gasteiger partial charge >= 0.3 is 0 Å². The van der Waals surface area contributed by atoms with Gasteiger partial charge in [-0.3, -0.25) is 0 Å². The van der Waals surface area contributed by atoms with Crippen molar-refractivity contribution in [3.05, 3.63) is 59.8 Å². The van der Waals surface area contributed by atoms with Gasteiger partial charge in [0.25, 0.3) is 0 Å². The fourth-order valence-corrected chi connectivity index (χ4v) is 2.74. The molecule has 0 aliphatic rings. The topological polar surface area (TPSA) is 48.9 Å². The Balaban J connectivity index is 1.98. The molecule has 0 saturated heterocycles. The molecule has 0 amide bonds. The van der Waals surface area contributed by atoms with Gasteiger partial charge in [0.2, 0.25) is 0 Å². The minimum Gasteiger partial charge on any atom is -0.508 e. The highest BCUT2D eigenvalue weighted by Gasteiger charge is 2.07. The average Bonchev–Trinajstić information content (AvgIpc) is 2.85. The van der Waals surface area contributed by atoms with Crippen LogP contribution in [0.25, 0.3) is 33.1 Å². The molecule has 0 aliphatic heterocycles. The molecule has 2 N–H and O–H groups in total. The number of phenols is 1. The van der Waals surface area contributed by atoms with Crippen LogP contribution >= 0.6 is 11.6 Å². The first-order chi connectivity index (χ1) is 10.2. The lowest BCUT2D eigenvalue weighted by Crippen LogP contribution is -1.77. The van der Waals surface area contributed by atoms with Crippen molar-refractivity contribution >= 4 is 33.5 Å². The van der Waals surface area contributed by atoms with E-state index in [9.17, 15) is 5.11 Å². The summed E-state index contributed by atoms with van der Waals surface area (Å²) >= 11 is 6.05. The summed E-state index contributed by atoms with van der Waals surface area (Å²) in [7, 11) is 0. The fourth-order valence-electron chi connectivity index (χ4n) is 2.58. The number of benzene rings is 2. The summed E-state index contributed by atoms with van der Waals surface area (Å²) < 4.78 is 0. The van der Waals surface area contributed by atoms with Crippen molar-refractivity contribution < 1.29 is 5.11 Å². The zero-order chi connectivity index (χ0) is 14.4. The Hall–Kier alpha value is -2.52. The zero-order valence-electron chi connectivity index (χ0n) is 11.0. The van der Waals surface area contributed by atoms with Crippen LogP contribution in [0.2, 0.25) is 5.02 Å². The second-order valence-corrected chi connectivity index (χ2v) is 5.42. The molecule has 102 valence electrons. The number of aromatic amines is 1. The third-order valence-corrected chi connectivity index (χ3v) is 3.82. The molecule has 4 rings (SSSR count). The quantitative estimate of drug-likeness (QED) is 0.532. The van der Waals surface area contributed by atoms with Gasteiger partial charge in [-0.1, -0.05) is 29.8 Å². The van der Waals surface area contributed by atoms with E-state index in [1.165, 1.54) is 0 Å². The van der Waals surface area contributed by atoms with Gasteiger partial charge in [0, 0.05) is 22.5 Å². The van der Waals surface area contributed by atoms with E-state index in [4.69, 9.17) is 11.6 Å². The molecule has 2 aromatic heterocycles. The molecule has 0 radical (unpaired) electrons. The maximum absolute atomic E-state index is 9.39. The molecular formula is C17H11ClN2O. The Kier molecular flexibility index (Phi) is 2.62. The highest BCUT2D eigenvalue weighted by atomic mass is 35.5. The van der Waals surface area contributed by atoms with Gasteiger partial charge in [0.05, 0.1) is 5.02 Å². The first kappa shape index (κ1) is 12.2. The normalized spacial score (nSPS) is 11.3. The Morgan fingerprint density at radius 1 is 0.905 bits per heavy atom. The number of pyridine rings is 1. The first-order valence-electron chi connectivity index (χ1n) is 6.57. The minimum absolute atomic E-state index is 0.267. The molecule has 21 heavy (non-hydrogen) atoms. The van der Waals surface area contributed by atoms with Crippen molar-refractivity contribution in [3.63, 3.8) is 0 Å². The van der Waals surface area contributed by atoms with Gasteiger partial charge < -0.3 is 10.1 Å². The molecular weight excluding hydrogens is 284 g/mol. The SMILES string of the molecule is Oc1ccc(-c2ccc3[nH]c4ncc(Cl)cc4c3c2)cc1. The zero-order valence-corrected chi connectivity index (χ0v) is 11.7. The van der Waals surface area contributed by atoms with Crippen molar-refractivity contribution in [2.75, 3.05) is 0 Å². The lowest BCUT2D eigenvalue weighted by molar-refractivity contribution is 0.475. The summed E-state index contributed by atoms with van der Waals surface area (Å²) in [6.45, 7) is 0. The molecule has 0 saturated carbocycles. The van der Waals surface area contributed by atoms with E-state index in [1.54, 1.807) is 18.3 Å². The van der Waals surface area contributed by atoms with Crippen molar-refractivity contribution in [2.45, 2.75) is 0 Å². The van der Waals surface area contributed by atoms with Crippen molar-refractivity contribution in [1.29, 1.82) is 0 Å². The average molecular weight is 295 g/mol. The predicted molar refractivity (Wildman–Crippen MR) is 85.7 cm³/mol. The van der Waals surface area contributed by atoms with Gasteiger partial charge in [-0.25, -0.2) is 4.98 Å². The predicted octanol–water partition coefficient (Wildman–Crippen LogP) is 4.74. The second-order valence-electron chi connectivity index (χ2n) is 4.98. The number of hydrogen-bond donors (Lipinski definition) is 2. The van der Waals surface area contributed by atoms with Gasteiger partial charge in [-0.2, -0.15) is 0 Å². The van der Waals surface area contributed by atoms with Gasteiger partial charge in [0.15, 0.2) is 0 Å². The summed E-state index contributed by atoms with van der Waals surface area (Å²) in [5.74, 6) is 0.267. The number of aromatic nitrogens is 2. The molecule has 0 fully saturated rings. The molecule has 4 heteroatoms. The van der Waals surface area contributed by atoms with E-state index in [0.29, 0.717) is 5.02 Å². The summed E-state index contributed by atoms with van der Waals surface area (Å²) in [5.41, 5.74) is 4.00. The number of halogens is 1. The third-order valence-electron chi connectivity index (χ3n) is 3.62. The van der Waals surface area contributed by atoms with Crippen LogP contribution in [-0.2, 0) is 0 Å². The van der Waals surface area contributed by atoms with Crippen LogP contribution in [0.3, 0.4) is 0 Å². The van der Waals surface area contributed by atoms with Gasteiger partial charge in [0.1, 0.15) is 11.4 Å². The smallest absolute Gasteiger partial charge is 0.138 e. The van der Waals surface area contributed by atoms with E-state index in [1.807, 2.05) is 30.3 Å². The van der Waals surface area contributed by atoms with Crippen LogP contribution < -0.4 is 0 Å². The second kappa shape index (κ2) is 4.50. The molecule has 0 bridgehead atoms. The largest absolute Gasteiger partial charge is 0.508 e. The highest BCUT2D eigenvalue weighted by molar-refractivity contribution is 6.31. The van der Waals surface area contributed by atoms with Crippen LogP contribution in [-0.4, -0.2) is 15.1 Å². The van der Waals surface area contributed by atoms with Gasteiger partial charge in [-0.05, 0) is 41.5 Å². The van der Waals surface area contributed by atoms with Gasteiger partial charge in [-0.15, -0.1) is 0 Å². The van der Waals surface area contributed by atoms with Crippen molar-refractivity contribution in [3.8, 4) is 16.9 Å². The Labute approximate surface area is 125 Å². The molecule has 0 spiro atoms. The number of nitrogens with zero attached hydrogens (tertiary/aromatic N) is 1. The standard InChI is InChI=1S/C17H11ClN2O/c18-12-8-15-14-7-11(10-1-4-13(21)5-2-10)3-6-16(14)20-17(15)19-9-12/h1-9,21H,(H,19,20). The number of H-pyrrole nitrogens is 1. The molecule has 4 aromatic rings. The summed E-state index contributed by atoms with van der Waals surface area (Å²) in [6.07, 6.45) is 1.64. The Bertz CT molecular complexity index is 958. The van der Waals surface area contributed by atoms with E-state index < -0.39 is 0 Å². The van der Waals surface area contributed by atoms with Crippen LogP contribution in [0.15, 0.2) is 54.7 Å². The number of aromatic hydroxyl groups is 1. The number of fused-ring (bicyclic) bond motifs is 3. The monoisotopic (exact) mass is 294 g/mol. The van der Waals surface area contributed by atoms with E-state index in [2.05, 4.69) is 16.0 Å². The molecule has 2 heterocycles. The fraction of sp³-hybridized carbons (Fsp3) is 0. The minimum atomic E-state index is 0.267. The maximum atomic E-state index is 9.39. The molecule has 3 nitrogen and oxygen atoms in total. The van der Waals surface area contributed by atoms with Crippen molar-refractivity contribution in [1.82, 2.24) is 9.97 Å². The van der Waals surface area contributed by atoms with Crippen LogP contribution in [0.5, 0.6) is 5.75 Å². The number of hydrogen-bond acceptors (Lipinski definition) is 2. The molecule has 0 unspecified atom stereocenters. The lowest BCUT2D eigenvalue weighted by Gasteiger charge is -2.02. The molecule has 0 atom stereocenters. The molecule has 2 aromatic carbocycles. The maximum Gasteiger partial charge on any atom is 0.138 e. The lowest BCUT2D eigenvalue weighted by atomic mass is 10.0. The van der Waals surface area contributed by atoms with Crippen LogP contribution in [0, 0.1) is 0 Å². The number of phenolic OH excluding ortho intramolecular Hbond substituents is 1. The Morgan fingerprint density at radius 2 is 1.67 bits per heavy atom. The van der Waals surface area contributed by atoms with Crippen LogP contribution in [0.4, 0.5) is 0 Å². The van der Waals surface area contributed by atoms with E-state index >= 15 is 0 Å². The Morgan fingerprint density at radius 3 is 2.48 bits per heavy atom. The number of rotatable bonds is 1. The molecule has 0 aliphatic carbocycles. The number of nitrogens with one attached hydrogen (secondary N) is 1. The van der Waals surface area contributed by atoms with Crippen LogP contribution in [0.1, 0.15) is 0 Å². The summed E-state index contributed by atoms with van der Waals surface area (Å²) in [6, 6.07) is 15.3. The van der Waals surface area contributed by atoms with E-state index in [0.717, 1.165) is 33.1 Å². The first-order valence-corrected chi connectivity index (χ1v) is 6.95. The summed E-state index contributed by atoms with van der Waals surface area (Å²) in [4.78, 5) is 7.59. The van der Waals surface area contributed by atoms with E-state index in [-0.39, 0.29) is 5.75 Å². The highest BCUT2D eigenvalue weighted by Crippen LogP contribution is 2.31. The van der Waals surface area contributed by atoms with Crippen molar-refractivity contribution in [2.24, 2.45) is 0 Å². The third kappa shape index (κ3) is 2.03. The summed E-state index contributed by atoms with van der Waals surface area (Å²) in [5, 5.41) is 12.1.